The summed E-state index contributed by atoms with van der Waals surface area (Å²) in [6, 6.07) is 7.72. The molecule has 0 spiro atoms. The Hall–Kier alpha value is -2.59. The van der Waals surface area contributed by atoms with Crippen LogP contribution in [0.2, 0.25) is 18.1 Å². The van der Waals surface area contributed by atoms with E-state index in [0.29, 0.717) is 5.56 Å². The van der Waals surface area contributed by atoms with Crippen molar-refractivity contribution in [2.24, 2.45) is 0 Å². The lowest BCUT2D eigenvalue weighted by atomic mass is 10.2. The Labute approximate surface area is 168 Å². The van der Waals surface area contributed by atoms with E-state index >= 15 is 0 Å². The molecule has 7 heteroatoms. The molecule has 152 valence electrons. The molecule has 0 aliphatic carbocycles. The molecule has 6 nitrogen and oxygen atoms in total. The van der Waals surface area contributed by atoms with Gasteiger partial charge in [0.1, 0.15) is 14.1 Å². The molecule has 2 N–H and O–H groups in total. The highest BCUT2D eigenvalue weighted by molar-refractivity contribution is 6.87. The number of amides is 2. The molecule has 0 saturated heterocycles. The highest BCUT2D eigenvalue weighted by atomic mass is 28.3. The first-order valence-electron chi connectivity index (χ1n) is 9.18. The van der Waals surface area contributed by atoms with Crippen LogP contribution >= 0.6 is 0 Å². The van der Waals surface area contributed by atoms with Crippen LogP contribution in [0, 0.1) is 11.5 Å². The zero-order valence-electron chi connectivity index (χ0n) is 17.5. The van der Waals surface area contributed by atoms with E-state index in [1.54, 1.807) is 30.3 Å². The Morgan fingerprint density at radius 1 is 1.14 bits per heavy atom. The lowest BCUT2D eigenvalue weighted by Gasteiger charge is -2.31. The van der Waals surface area contributed by atoms with Crippen LogP contribution < -0.4 is 10.6 Å². The van der Waals surface area contributed by atoms with Gasteiger partial charge in [-0.05, 0) is 17.2 Å². The Morgan fingerprint density at radius 2 is 1.75 bits per heavy atom. The Morgan fingerprint density at radius 3 is 2.29 bits per heavy atom. The Balaban J connectivity index is 2.68. The third kappa shape index (κ3) is 7.20. The van der Waals surface area contributed by atoms with E-state index in [2.05, 4.69) is 56.0 Å². The summed E-state index contributed by atoms with van der Waals surface area (Å²) in [5.41, 5.74) is 3.77. The van der Waals surface area contributed by atoms with Crippen LogP contribution in [-0.2, 0) is 14.3 Å². The smallest absolute Gasteiger partial charge is 0.329 e. The van der Waals surface area contributed by atoms with Crippen LogP contribution in [0.15, 0.2) is 30.3 Å². The second kappa shape index (κ2) is 10.1. The number of hydrogen-bond donors (Lipinski definition) is 2. The van der Waals surface area contributed by atoms with Crippen molar-refractivity contribution in [1.82, 2.24) is 10.6 Å². The maximum absolute atomic E-state index is 12.2. The number of benzene rings is 1. The van der Waals surface area contributed by atoms with Gasteiger partial charge >= 0.3 is 5.97 Å². The summed E-state index contributed by atoms with van der Waals surface area (Å²) in [4.78, 5) is 36.1. The van der Waals surface area contributed by atoms with Crippen molar-refractivity contribution in [3.05, 3.63) is 35.9 Å². The molecule has 0 aliphatic rings. The summed E-state index contributed by atoms with van der Waals surface area (Å²) in [6.45, 7) is 10.6. The van der Waals surface area contributed by atoms with Crippen molar-refractivity contribution in [2.75, 3.05) is 13.7 Å². The Bertz CT molecular complexity index is 758. The molecule has 0 aliphatic heterocycles. The van der Waals surface area contributed by atoms with E-state index in [0.717, 1.165) is 0 Å². The van der Waals surface area contributed by atoms with E-state index in [9.17, 15) is 14.4 Å². The average molecular weight is 403 g/mol. The average Bonchev–Trinajstić information content (AvgIpc) is 2.64. The molecule has 1 aromatic rings. The van der Waals surface area contributed by atoms with Crippen molar-refractivity contribution in [3.63, 3.8) is 0 Å². The number of nitrogens with one attached hydrogen (secondary N) is 2. The molecule has 1 rings (SSSR count). The van der Waals surface area contributed by atoms with Crippen molar-refractivity contribution in [3.8, 4) is 11.5 Å². The minimum atomic E-state index is -1.81. The summed E-state index contributed by atoms with van der Waals surface area (Å²) < 4.78 is 4.76. The lowest BCUT2D eigenvalue weighted by molar-refractivity contribution is -0.144. The Kier molecular flexibility index (Phi) is 8.45. The summed E-state index contributed by atoms with van der Waals surface area (Å²) in [5.74, 6) is 1.65. The van der Waals surface area contributed by atoms with E-state index in [-0.39, 0.29) is 23.9 Å². The molecule has 0 bridgehead atoms. The van der Waals surface area contributed by atoms with Crippen LogP contribution in [0.5, 0.6) is 0 Å². The molecule has 0 unspecified atom stereocenters. The molecule has 1 atom stereocenters. The van der Waals surface area contributed by atoms with Gasteiger partial charge in [0.2, 0.25) is 5.91 Å². The summed E-state index contributed by atoms with van der Waals surface area (Å²) >= 11 is 0. The van der Waals surface area contributed by atoms with Gasteiger partial charge in [0.15, 0.2) is 0 Å². The van der Waals surface area contributed by atoms with Gasteiger partial charge in [-0.3, -0.25) is 9.59 Å². The van der Waals surface area contributed by atoms with E-state index in [1.807, 2.05) is 0 Å². The van der Waals surface area contributed by atoms with Crippen LogP contribution in [0.4, 0.5) is 0 Å². The van der Waals surface area contributed by atoms with E-state index < -0.39 is 26.0 Å². The molecule has 0 fully saturated rings. The molecule has 2 amide bonds. The van der Waals surface area contributed by atoms with Crippen molar-refractivity contribution in [1.29, 1.82) is 0 Å². The van der Waals surface area contributed by atoms with E-state index in [1.165, 1.54) is 7.11 Å². The van der Waals surface area contributed by atoms with Crippen LogP contribution in [0.25, 0.3) is 0 Å². The third-order valence-corrected chi connectivity index (χ3v) is 9.40. The fourth-order valence-corrected chi connectivity index (χ4v) is 2.91. The van der Waals surface area contributed by atoms with Gasteiger partial charge in [0, 0.05) is 12.0 Å². The highest BCUT2D eigenvalue weighted by Gasteiger charge is 2.33. The van der Waals surface area contributed by atoms with Crippen LogP contribution in [-0.4, -0.2) is 45.6 Å². The molecular weight excluding hydrogens is 372 g/mol. The van der Waals surface area contributed by atoms with Gasteiger partial charge in [0.25, 0.3) is 5.91 Å². The predicted octanol–water partition coefficient (Wildman–Crippen LogP) is 2.52. The fourth-order valence-electron chi connectivity index (χ4n) is 1.99. The normalized spacial score (nSPS) is 12.2. The SMILES string of the molecule is COC(=O)[C@@H](CC#C[Si](C)(C)C(C)(C)C)NC(=O)CNC(=O)c1ccccc1. The third-order valence-electron chi connectivity index (χ3n) is 4.85. The first-order chi connectivity index (χ1) is 13.0. The number of methoxy groups -OCH3 is 1. The number of rotatable bonds is 6. The maximum Gasteiger partial charge on any atom is 0.329 e. The predicted molar refractivity (Wildman–Crippen MR) is 112 cm³/mol. The van der Waals surface area contributed by atoms with E-state index in [4.69, 9.17) is 4.74 Å². The first-order valence-corrected chi connectivity index (χ1v) is 12.2. The second-order valence-electron chi connectivity index (χ2n) is 8.07. The molecule has 0 radical (unpaired) electrons. The van der Waals surface area contributed by atoms with Gasteiger partial charge in [-0.15, -0.1) is 11.5 Å². The molecule has 0 heterocycles. The highest BCUT2D eigenvalue weighted by Crippen LogP contribution is 2.35. The minimum Gasteiger partial charge on any atom is -0.467 e. The topological polar surface area (TPSA) is 84.5 Å². The summed E-state index contributed by atoms with van der Waals surface area (Å²) in [5, 5.41) is 5.22. The molecule has 0 saturated carbocycles. The zero-order valence-corrected chi connectivity index (χ0v) is 18.5. The minimum absolute atomic E-state index is 0.103. The second-order valence-corrected chi connectivity index (χ2v) is 13.1. The van der Waals surface area contributed by atoms with Gasteiger partial charge < -0.3 is 15.4 Å². The number of hydrogen-bond acceptors (Lipinski definition) is 4. The number of carbonyl (C=O) groups is 3. The molecule has 1 aromatic carbocycles. The first kappa shape index (κ1) is 23.4. The zero-order chi connectivity index (χ0) is 21.4. The number of ether oxygens (including phenoxy) is 1. The van der Waals surface area contributed by atoms with Gasteiger partial charge in [-0.1, -0.05) is 52.1 Å². The van der Waals surface area contributed by atoms with Crippen molar-refractivity contribution >= 4 is 25.9 Å². The quantitative estimate of drug-likeness (QED) is 0.435. The summed E-state index contributed by atoms with van der Waals surface area (Å²) in [7, 11) is -0.543. The van der Waals surface area contributed by atoms with Gasteiger partial charge in [-0.25, -0.2) is 4.79 Å². The van der Waals surface area contributed by atoms with Crippen molar-refractivity contribution < 1.29 is 19.1 Å². The lowest BCUT2D eigenvalue weighted by Crippen LogP contribution is -2.46. The van der Waals surface area contributed by atoms with Crippen LogP contribution in [0.1, 0.15) is 37.6 Å². The monoisotopic (exact) mass is 402 g/mol. The molecular formula is C21H30N2O4Si. The number of esters is 1. The molecule has 0 aromatic heterocycles. The van der Waals surface area contributed by atoms with Crippen molar-refractivity contribution in [2.45, 2.75) is 51.4 Å². The standard InChI is InChI=1S/C21H30N2O4Si/c1-21(2,3)28(5,6)14-10-13-17(20(26)27-4)23-18(24)15-22-19(25)16-11-8-7-9-12-16/h7-9,11-12,17H,13,15H2,1-6H3,(H,22,25)(H,23,24)/t17-/m1/s1. The van der Waals surface area contributed by atoms with Gasteiger partial charge in [0.05, 0.1) is 13.7 Å². The van der Waals surface area contributed by atoms with Gasteiger partial charge in [-0.2, -0.15) is 0 Å². The number of carbonyl (C=O) groups excluding carboxylic acids is 3. The molecule has 28 heavy (non-hydrogen) atoms. The fraction of sp³-hybridized carbons (Fsp3) is 0.476. The largest absolute Gasteiger partial charge is 0.467 e. The summed E-state index contributed by atoms with van der Waals surface area (Å²) in [6.07, 6.45) is 0.164. The maximum atomic E-state index is 12.2. The van der Waals surface area contributed by atoms with Crippen LogP contribution in [0.3, 0.4) is 0 Å².